The van der Waals surface area contributed by atoms with Gasteiger partial charge in [0.25, 0.3) is 0 Å². The third-order valence-corrected chi connectivity index (χ3v) is 4.56. The fourth-order valence-corrected chi connectivity index (χ4v) is 3.19. The van der Waals surface area contributed by atoms with Gasteiger partial charge in [-0.25, -0.2) is 9.78 Å². The first-order chi connectivity index (χ1) is 11.1. The molecule has 6 nitrogen and oxygen atoms in total. The zero-order valence-electron chi connectivity index (χ0n) is 14.2. The molecule has 1 aliphatic rings. The van der Waals surface area contributed by atoms with Crippen LogP contribution in [0, 0.1) is 5.41 Å². The summed E-state index contributed by atoms with van der Waals surface area (Å²) >= 11 is 3.31. The van der Waals surface area contributed by atoms with Gasteiger partial charge >= 0.3 is 12.1 Å². The number of hydrogen-bond acceptors (Lipinski definition) is 4. The van der Waals surface area contributed by atoms with E-state index in [1.54, 1.807) is 4.90 Å². The van der Waals surface area contributed by atoms with E-state index in [9.17, 15) is 14.7 Å². The van der Waals surface area contributed by atoms with Crippen molar-refractivity contribution < 1.29 is 19.4 Å². The van der Waals surface area contributed by atoms with Crippen molar-refractivity contribution in [2.24, 2.45) is 5.41 Å². The number of halogens is 1. The Morgan fingerprint density at radius 3 is 2.46 bits per heavy atom. The first-order valence-corrected chi connectivity index (χ1v) is 8.73. The summed E-state index contributed by atoms with van der Waals surface area (Å²) in [6.45, 7) is 6.18. The van der Waals surface area contributed by atoms with Gasteiger partial charge in [0.15, 0.2) is 0 Å². The predicted octanol–water partition coefficient (Wildman–Crippen LogP) is 3.49. The Bertz CT molecular complexity index is 619. The van der Waals surface area contributed by atoms with Gasteiger partial charge in [0, 0.05) is 25.2 Å². The number of hydrogen-bond donors (Lipinski definition) is 1. The standard InChI is InChI=1S/C17H23BrN2O4/c1-16(2,3)24-15(23)20-9-7-17(8-10-20,14(21)22)11-12-5-4-6-13(18)19-12/h4-6H,7-11H2,1-3H3,(H,21,22). The summed E-state index contributed by atoms with van der Waals surface area (Å²) in [4.78, 5) is 30.0. The maximum atomic E-state index is 12.1. The van der Waals surface area contributed by atoms with Crippen LogP contribution >= 0.6 is 15.9 Å². The molecule has 0 aromatic carbocycles. The van der Waals surface area contributed by atoms with Gasteiger partial charge in [0.1, 0.15) is 10.2 Å². The lowest BCUT2D eigenvalue weighted by Gasteiger charge is -2.39. The fraction of sp³-hybridized carbons (Fsp3) is 0.588. The number of carboxylic acids is 1. The Hall–Kier alpha value is -1.63. The third-order valence-electron chi connectivity index (χ3n) is 4.12. The molecule has 2 heterocycles. The zero-order chi connectivity index (χ0) is 18.0. The number of pyridine rings is 1. The lowest BCUT2D eigenvalue weighted by Crippen LogP contribution is -2.48. The van der Waals surface area contributed by atoms with Crippen LogP contribution in [0.2, 0.25) is 0 Å². The number of ether oxygens (including phenoxy) is 1. The van der Waals surface area contributed by atoms with Gasteiger partial charge in [-0.05, 0) is 61.7 Å². The van der Waals surface area contributed by atoms with Crippen LogP contribution in [0.3, 0.4) is 0 Å². The van der Waals surface area contributed by atoms with Crippen molar-refractivity contribution in [2.75, 3.05) is 13.1 Å². The van der Waals surface area contributed by atoms with Gasteiger partial charge < -0.3 is 14.7 Å². The smallest absolute Gasteiger partial charge is 0.410 e. The van der Waals surface area contributed by atoms with Gasteiger partial charge in [0.2, 0.25) is 0 Å². The maximum Gasteiger partial charge on any atom is 0.410 e. The third kappa shape index (κ3) is 4.69. The summed E-state index contributed by atoms with van der Waals surface area (Å²) < 4.78 is 6.05. The van der Waals surface area contributed by atoms with Gasteiger partial charge in [-0.15, -0.1) is 0 Å². The van der Waals surface area contributed by atoms with Crippen LogP contribution in [0.5, 0.6) is 0 Å². The summed E-state index contributed by atoms with van der Waals surface area (Å²) in [5.74, 6) is -0.840. The normalized spacial score (nSPS) is 17.4. The number of carbonyl (C=O) groups excluding carboxylic acids is 1. The highest BCUT2D eigenvalue weighted by Crippen LogP contribution is 2.36. The van der Waals surface area contributed by atoms with Crippen LogP contribution in [0.1, 0.15) is 39.3 Å². The van der Waals surface area contributed by atoms with Crippen LogP contribution in [-0.4, -0.2) is 45.7 Å². The van der Waals surface area contributed by atoms with E-state index < -0.39 is 17.0 Å². The van der Waals surface area contributed by atoms with Gasteiger partial charge in [-0.1, -0.05) is 6.07 Å². The number of aliphatic carboxylic acids is 1. The van der Waals surface area contributed by atoms with Gasteiger partial charge in [0.05, 0.1) is 5.41 Å². The molecule has 1 N–H and O–H groups in total. The second-order valence-corrected chi connectivity index (χ2v) is 7.99. The molecule has 0 aliphatic carbocycles. The van der Waals surface area contributed by atoms with Crippen molar-refractivity contribution in [3.8, 4) is 0 Å². The minimum Gasteiger partial charge on any atom is -0.481 e. The molecule has 1 fully saturated rings. The van der Waals surface area contributed by atoms with Gasteiger partial charge in [-0.3, -0.25) is 4.79 Å². The van der Waals surface area contributed by atoms with E-state index in [-0.39, 0.29) is 6.09 Å². The SMILES string of the molecule is CC(C)(C)OC(=O)N1CCC(Cc2cccc(Br)n2)(C(=O)O)CC1. The van der Waals surface area contributed by atoms with E-state index in [4.69, 9.17) is 4.74 Å². The molecular weight excluding hydrogens is 376 g/mol. The second kappa shape index (κ2) is 7.09. The van der Waals surface area contributed by atoms with Crippen LogP contribution in [0.15, 0.2) is 22.8 Å². The Morgan fingerprint density at radius 2 is 1.96 bits per heavy atom. The quantitative estimate of drug-likeness (QED) is 0.788. The van der Waals surface area contributed by atoms with Crippen LogP contribution in [0.4, 0.5) is 4.79 Å². The predicted molar refractivity (Wildman–Crippen MR) is 92.8 cm³/mol. The van der Waals surface area contributed by atoms with Crippen molar-refractivity contribution in [2.45, 2.75) is 45.6 Å². The summed E-state index contributed by atoms with van der Waals surface area (Å²) in [6, 6.07) is 5.48. The molecule has 1 saturated heterocycles. The largest absolute Gasteiger partial charge is 0.481 e. The number of rotatable bonds is 3. The Morgan fingerprint density at radius 1 is 1.33 bits per heavy atom. The van der Waals surface area contributed by atoms with Crippen LogP contribution in [-0.2, 0) is 16.0 Å². The molecule has 1 aromatic rings. The Labute approximate surface area is 150 Å². The topological polar surface area (TPSA) is 79.7 Å². The summed E-state index contributed by atoms with van der Waals surface area (Å²) in [5, 5.41) is 9.76. The lowest BCUT2D eigenvalue weighted by molar-refractivity contribution is -0.152. The van der Waals surface area contributed by atoms with Crippen molar-refractivity contribution in [3.63, 3.8) is 0 Å². The number of carbonyl (C=O) groups is 2. The maximum absolute atomic E-state index is 12.1. The minimum atomic E-state index is -0.897. The molecule has 0 radical (unpaired) electrons. The van der Waals surface area contributed by atoms with Crippen LogP contribution < -0.4 is 0 Å². The zero-order valence-corrected chi connectivity index (χ0v) is 15.8. The molecule has 0 spiro atoms. The molecular formula is C17H23BrN2O4. The highest BCUT2D eigenvalue weighted by atomic mass is 79.9. The first-order valence-electron chi connectivity index (χ1n) is 7.94. The number of likely N-dealkylation sites (tertiary alicyclic amines) is 1. The van der Waals surface area contributed by atoms with Crippen molar-refractivity contribution in [1.29, 1.82) is 0 Å². The monoisotopic (exact) mass is 398 g/mol. The van der Waals surface area contributed by atoms with E-state index in [0.717, 1.165) is 5.69 Å². The highest BCUT2D eigenvalue weighted by Gasteiger charge is 2.43. The molecule has 1 aromatic heterocycles. The first kappa shape index (κ1) is 18.7. The van der Waals surface area contributed by atoms with E-state index in [2.05, 4.69) is 20.9 Å². The lowest BCUT2D eigenvalue weighted by atomic mass is 9.75. The molecule has 132 valence electrons. The van der Waals surface area contributed by atoms with Crippen molar-refractivity contribution >= 4 is 28.0 Å². The molecule has 7 heteroatoms. The second-order valence-electron chi connectivity index (χ2n) is 7.18. The van der Waals surface area contributed by atoms with Gasteiger partial charge in [-0.2, -0.15) is 0 Å². The van der Waals surface area contributed by atoms with Crippen molar-refractivity contribution in [1.82, 2.24) is 9.88 Å². The average molecular weight is 399 g/mol. The minimum absolute atomic E-state index is 0.351. The number of carboxylic acid groups (broad SMARTS) is 1. The molecule has 0 unspecified atom stereocenters. The van der Waals surface area contributed by atoms with Crippen molar-refractivity contribution in [3.05, 3.63) is 28.5 Å². The molecule has 0 saturated carbocycles. The highest BCUT2D eigenvalue weighted by molar-refractivity contribution is 9.10. The summed E-state index contributed by atoms with van der Waals surface area (Å²) in [7, 11) is 0. The number of piperidine rings is 1. The van der Waals surface area contributed by atoms with E-state index in [1.807, 2.05) is 39.0 Å². The Kier molecular flexibility index (Phi) is 5.52. The fourth-order valence-electron chi connectivity index (χ4n) is 2.81. The molecule has 1 amide bonds. The number of amides is 1. The number of aromatic nitrogens is 1. The van der Waals surface area contributed by atoms with Crippen LogP contribution in [0.25, 0.3) is 0 Å². The summed E-state index contributed by atoms with van der Waals surface area (Å²) in [5.41, 5.74) is -0.720. The number of nitrogens with zero attached hydrogens (tertiary/aromatic N) is 2. The summed E-state index contributed by atoms with van der Waals surface area (Å²) in [6.07, 6.45) is 0.734. The molecule has 2 rings (SSSR count). The molecule has 0 bridgehead atoms. The Balaban J connectivity index is 2.06. The average Bonchev–Trinajstić information content (AvgIpc) is 2.46. The van der Waals surface area contributed by atoms with E-state index in [1.165, 1.54) is 0 Å². The molecule has 24 heavy (non-hydrogen) atoms. The molecule has 1 aliphatic heterocycles. The molecule has 0 atom stereocenters. The van der Waals surface area contributed by atoms with E-state index >= 15 is 0 Å². The van der Waals surface area contributed by atoms with E-state index in [0.29, 0.717) is 37.0 Å².